The molecule has 2 amide bonds. The van der Waals surface area contributed by atoms with Gasteiger partial charge in [-0.15, -0.1) is 0 Å². The molecule has 1 unspecified atom stereocenters. The number of aryl methyl sites for hydroxylation is 2. The third kappa shape index (κ3) is 8.81. The van der Waals surface area contributed by atoms with Crippen LogP contribution in [0.15, 0.2) is 23.2 Å². The van der Waals surface area contributed by atoms with Gasteiger partial charge in [0.15, 0.2) is 0 Å². The number of amides is 2. The second-order valence-corrected chi connectivity index (χ2v) is 7.10. The van der Waals surface area contributed by atoms with E-state index < -0.39 is 11.9 Å². The minimum absolute atomic E-state index is 0.0804. The highest BCUT2D eigenvalue weighted by Crippen LogP contribution is 2.13. The monoisotopic (exact) mass is 386 g/mol. The maximum absolute atomic E-state index is 12.4. The Morgan fingerprint density at radius 1 is 1.25 bits per heavy atom. The lowest BCUT2D eigenvalue weighted by molar-refractivity contribution is -0.125. The van der Waals surface area contributed by atoms with Crippen molar-refractivity contribution in [3.8, 4) is 6.07 Å². The van der Waals surface area contributed by atoms with Crippen LogP contribution < -0.4 is 11.1 Å². The normalized spacial score (nSPS) is 11.9. The molecular formula is C22H34N4O2. The topological polar surface area (TPSA) is 108 Å². The highest BCUT2D eigenvalue weighted by molar-refractivity contribution is 6.46. The maximum Gasteiger partial charge on any atom is 0.270 e. The van der Waals surface area contributed by atoms with E-state index in [1.54, 1.807) is 7.05 Å². The number of benzene rings is 1. The molecule has 0 radical (unpaired) electrons. The largest absolute Gasteiger partial charge is 0.368 e. The first-order chi connectivity index (χ1) is 13.2. The standard InChI is InChI=1S/C16H23N3O2.C6H11N/c1-9(2)13(15(17)20)19-16(21)14(18-5)12-8-10(3)6-7-11(12)4;1-2-3-4-5-6-7/h6-9,13H,1-5H3,(H2,17,20)(H,19,21);2-5H2,1H3. The number of nitriles is 1. The van der Waals surface area contributed by atoms with Crippen molar-refractivity contribution in [2.75, 3.05) is 7.05 Å². The molecule has 28 heavy (non-hydrogen) atoms. The predicted octanol–water partition coefficient (Wildman–Crippen LogP) is 3.44. The van der Waals surface area contributed by atoms with Gasteiger partial charge in [0, 0.05) is 19.0 Å². The Balaban J connectivity index is 0.000000887. The summed E-state index contributed by atoms with van der Waals surface area (Å²) in [5.74, 6) is -1.01. The van der Waals surface area contributed by atoms with Crippen molar-refractivity contribution < 1.29 is 9.59 Å². The molecule has 0 aliphatic carbocycles. The molecule has 6 nitrogen and oxygen atoms in total. The van der Waals surface area contributed by atoms with Gasteiger partial charge in [-0.25, -0.2) is 0 Å². The molecule has 0 spiro atoms. The zero-order valence-electron chi connectivity index (χ0n) is 18.0. The van der Waals surface area contributed by atoms with Crippen LogP contribution in [-0.4, -0.2) is 30.6 Å². The predicted molar refractivity (Wildman–Crippen MR) is 114 cm³/mol. The smallest absolute Gasteiger partial charge is 0.270 e. The van der Waals surface area contributed by atoms with Gasteiger partial charge in [-0.05, 0) is 37.8 Å². The minimum Gasteiger partial charge on any atom is -0.368 e. The summed E-state index contributed by atoms with van der Waals surface area (Å²) in [7, 11) is 1.56. The highest BCUT2D eigenvalue weighted by Gasteiger charge is 2.25. The third-order valence-electron chi connectivity index (χ3n) is 4.24. The van der Waals surface area contributed by atoms with Crippen LogP contribution in [0.2, 0.25) is 0 Å². The summed E-state index contributed by atoms with van der Waals surface area (Å²) in [6, 6.07) is 7.22. The molecule has 0 aromatic heterocycles. The number of carbonyl (C=O) groups is 2. The van der Waals surface area contributed by atoms with E-state index in [0.717, 1.165) is 29.5 Å². The van der Waals surface area contributed by atoms with Crippen LogP contribution in [-0.2, 0) is 9.59 Å². The summed E-state index contributed by atoms with van der Waals surface area (Å²) < 4.78 is 0. The van der Waals surface area contributed by atoms with Gasteiger partial charge < -0.3 is 11.1 Å². The maximum atomic E-state index is 12.4. The summed E-state index contributed by atoms with van der Waals surface area (Å²) in [5, 5.41) is 10.7. The number of nitrogens with one attached hydrogen (secondary N) is 1. The summed E-state index contributed by atoms with van der Waals surface area (Å²) in [5.41, 5.74) is 8.40. The SMILES string of the molecule is CCCCCC#N.CN=C(C(=O)NC(C(N)=O)C(C)C)c1cc(C)ccc1C. The average molecular weight is 387 g/mol. The van der Waals surface area contributed by atoms with Crippen LogP contribution in [0.4, 0.5) is 0 Å². The van der Waals surface area contributed by atoms with E-state index in [0.29, 0.717) is 5.71 Å². The Hall–Kier alpha value is -2.68. The molecule has 1 rings (SSSR count). The molecule has 6 heteroatoms. The Morgan fingerprint density at radius 2 is 1.89 bits per heavy atom. The lowest BCUT2D eigenvalue weighted by Crippen LogP contribution is -2.50. The molecule has 0 saturated carbocycles. The van der Waals surface area contributed by atoms with Crippen molar-refractivity contribution in [2.45, 2.75) is 66.3 Å². The number of unbranched alkanes of at least 4 members (excludes halogenated alkanes) is 3. The van der Waals surface area contributed by atoms with Crippen LogP contribution in [0.5, 0.6) is 0 Å². The van der Waals surface area contributed by atoms with E-state index in [1.165, 1.54) is 12.8 Å². The second kappa shape index (κ2) is 13.5. The van der Waals surface area contributed by atoms with Gasteiger partial charge in [0.2, 0.25) is 5.91 Å². The van der Waals surface area contributed by atoms with E-state index in [4.69, 9.17) is 11.0 Å². The molecule has 1 atom stereocenters. The number of carbonyl (C=O) groups excluding carboxylic acids is 2. The fourth-order valence-corrected chi connectivity index (χ4v) is 2.57. The quantitative estimate of drug-likeness (QED) is 0.527. The van der Waals surface area contributed by atoms with Gasteiger partial charge in [-0.1, -0.05) is 51.3 Å². The van der Waals surface area contributed by atoms with Crippen LogP contribution in [0, 0.1) is 31.1 Å². The van der Waals surface area contributed by atoms with E-state index in [1.807, 2.05) is 45.9 Å². The molecule has 0 saturated heterocycles. The van der Waals surface area contributed by atoms with Crippen molar-refractivity contribution in [3.05, 3.63) is 34.9 Å². The average Bonchev–Trinajstić information content (AvgIpc) is 2.63. The van der Waals surface area contributed by atoms with Crippen LogP contribution >= 0.6 is 0 Å². The van der Waals surface area contributed by atoms with Crippen molar-refractivity contribution >= 4 is 17.5 Å². The van der Waals surface area contributed by atoms with Crippen LogP contribution in [0.3, 0.4) is 0 Å². The Morgan fingerprint density at radius 3 is 2.36 bits per heavy atom. The second-order valence-electron chi connectivity index (χ2n) is 7.10. The highest BCUT2D eigenvalue weighted by atomic mass is 16.2. The molecule has 3 N–H and O–H groups in total. The first-order valence-electron chi connectivity index (χ1n) is 9.71. The van der Waals surface area contributed by atoms with Gasteiger partial charge in [0.05, 0.1) is 6.07 Å². The lowest BCUT2D eigenvalue weighted by Gasteiger charge is -2.20. The summed E-state index contributed by atoms with van der Waals surface area (Å²) in [6.07, 6.45) is 4.22. The van der Waals surface area contributed by atoms with Gasteiger partial charge in [0.25, 0.3) is 5.91 Å². The number of hydrogen-bond donors (Lipinski definition) is 2. The van der Waals surface area contributed by atoms with Crippen LogP contribution in [0.1, 0.15) is 63.1 Å². The number of aliphatic imine (C=N–C) groups is 1. The fourth-order valence-electron chi connectivity index (χ4n) is 2.57. The molecule has 0 aliphatic heterocycles. The van der Waals surface area contributed by atoms with Crippen molar-refractivity contribution in [3.63, 3.8) is 0 Å². The Bertz CT molecular complexity index is 718. The molecule has 1 aromatic rings. The summed E-state index contributed by atoms with van der Waals surface area (Å²) >= 11 is 0. The molecule has 0 aliphatic rings. The van der Waals surface area contributed by atoms with Gasteiger partial charge in [-0.2, -0.15) is 5.26 Å². The number of hydrogen-bond acceptors (Lipinski definition) is 4. The summed E-state index contributed by atoms with van der Waals surface area (Å²) in [6.45, 7) is 9.67. The molecular weight excluding hydrogens is 352 g/mol. The van der Waals surface area contributed by atoms with E-state index in [-0.39, 0.29) is 11.8 Å². The summed E-state index contributed by atoms with van der Waals surface area (Å²) in [4.78, 5) is 27.9. The number of rotatable bonds is 8. The number of nitrogens with zero attached hydrogens (tertiary/aromatic N) is 2. The first-order valence-corrected chi connectivity index (χ1v) is 9.71. The van der Waals surface area contributed by atoms with Gasteiger partial charge in [0.1, 0.15) is 11.8 Å². The van der Waals surface area contributed by atoms with Crippen molar-refractivity contribution in [1.82, 2.24) is 5.32 Å². The Labute approximate surface area is 169 Å². The molecule has 0 bridgehead atoms. The van der Waals surface area contributed by atoms with Crippen LogP contribution in [0.25, 0.3) is 0 Å². The zero-order valence-corrected chi connectivity index (χ0v) is 18.0. The lowest BCUT2D eigenvalue weighted by atomic mass is 9.99. The molecule has 1 aromatic carbocycles. The van der Waals surface area contributed by atoms with E-state index in [2.05, 4.69) is 23.3 Å². The van der Waals surface area contributed by atoms with Crippen molar-refractivity contribution in [2.24, 2.45) is 16.6 Å². The minimum atomic E-state index is -0.709. The third-order valence-corrected chi connectivity index (χ3v) is 4.24. The van der Waals surface area contributed by atoms with Gasteiger partial charge in [-0.3, -0.25) is 14.6 Å². The van der Waals surface area contributed by atoms with Crippen molar-refractivity contribution in [1.29, 1.82) is 5.26 Å². The fraction of sp³-hybridized carbons (Fsp3) is 0.545. The van der Waals surface area contributed by atoms with E-state index in [9.17, 15) is 9.59 Å². The molecule has 154 valence electrons. The number of nitrogens with two attached hydrogens (primary N) is 1. The van der Waals surface area contributed by atoms with E-state index >= 15 is 0 Å². The first kappa shape index (κ1) is 25.3. The Kier molecular flexibility index (Phi) is 12.2. The molecule has 0 heterocycles. The zero-order chi connectivity index (χ0) is 21.7. The number of primary amides is 1. The molecule has 0 fully saturated rings. The van der Waals surface area contributed by atoms with Gasteiger partial charge >= 0.3 is 0 Å².